The van der Waals surface area contributed by atoms with Gasteiger partial charge in [-0.05, 0) is 68.8 Å². The molecule has 12 heteroatoms. The molecule has 0 unspecified atom stereocenters. The molecule has 0 aliphatic heterocycles. The van der Waals surface area contributed by atoms with Gasteiger partial charge < -0.3 is 15.2 Å². The molecule has 2 heterocycles. The number of carbonyl (C=O) groups excluding carboxylic acids is 2. The molecule has 2 aromatic heterocycles. The average Bonchev–Trinajstić information content (AvgIpc) is 4.00. The lowest BCUT2D eigenvalue weighted by atomic mass is 9.98. The third kappa shape index (κ3) is 5.99. The number of rotatable bonds is 5. The molecule has 0 spiro atoms. The van der Waals surface area contributed by atoms with E-state index in [4.69, 9.17) is 15.2 Å². The lowest BCUT2D eigenvalue weighted by molar-refractivity contribution is -0.384. The molecule has 10 rings (SSSR count). The van der Waals surface area contributed by atoms with Gasteiger partial charge in [0.05, 0.1) is 28.4 Å². The van der Waals surface area contributed by atoms with E-state index in [9.17, 15) is 19.7 Å². The van der Waals surface area contributed by atoms with Gasteiger partial charge >= 0.3 is 12.2 Å². The summed E-state index contributed by atoms with van der Waals surface area (Å²) in [6.45, 7) is 0.449. The van der Waals surface area contributed by atoms with Crippen molar-refractivity contribution in [2.45, 2.75) is 11.8 Å². The van der Waals surface area contributed by atoms with Gasteiger partial charge in [-0.25, -0.2) is 9.59 Å². The number of hydrogen-bond donors (Lipinski definition) is 1. The van der Waals surface area contributed by atoms with Gasteiger partial charge in [-0.1, -0.05) is 97.1 Å². The van der Waals surface area contributed by atoms with Crippen molar-refractivity contribution in [1.82, 2.24) is 19.6 Å². The van der Waals surface area contributed by atoms with Crippen LogP contribution in [-0.2, 0) is 9.47 Å². The largest absolute Gasteiger partial charge is 0.447 e. The van der Waals surface area contributed by atoms with Crippen LogP contribution in [0.5, 0.6) is 0 Å². The molecule has 0 atom stereocenters. The van der Waals surface area contributed by atoms with E-state index < -0.39 is 17.1 Å². The Labute approximate surface area is 319 Å². The van der Waals surface area contributed by atoms with E-state index >= 15 is 0 Å². The Morgan fingerprint density at radius 3 is 1.41 bits per heavy atom. The number of anilines is 1. The molecule has 0 radical (unpaired) electrons. The summed E-state index contributed by atoms with van der Waals surface area (Å²) >= 11 is 0. The van der Waals surface area contributed by atoms with Crippen LogP contribution >= 0.6 is 0 Å². The Bertz CT molecular complexity index is 2750. The fourth-order valence-corrected chi connectivity index (χ4v) is 7.79. The van der Waals surface area contributed by atoms with E-state index in [1.165, 1.54) is 51.3 Å². The van der Waals surface area contributed by atoms with Gasteiger partial charge in [-0.2, -0.15) is 19.6 Å². The number of hydrogen-bond acceptors (Lipinski definition) is 9. The number of aromatic nitrogens is 4. The van der Waals surface area contributed by atoms with Gasteiger partial charge in [0.15, 0.2) is 0 Å². The molecule has 6 aromatic carbocycles. The average molecular weight is 741 g/mol. The van der Waals surface area contributed by atoms with E-state index in [0.717, 1.165) is 32.3 Å². The van der Waals surface area contributed by atoms with Crippen molar-refractivity contribution in [3.05, 3.63) is 178 Å². The number of benzene rings is 6. The number of nitro benzene ring substituents is 1. The number of nitro groups is 1. The van der Waals surface area contributed by atoms with E-state index in [1.807, 2.05) is 48.5 Å². The van der Waals surface area contributed by atoms with Crippen LogP contribution in [0, 0.1) is 10.1 Å². The van der Waals surface area contributed by atoms with Crippen LogP contribution in [0.25, 0.3) is 44.1 Å². The summed E-state index contributed by atoms with van der Waals surface area (Å²) in [5.41, 5.74) is 16.9. The van der Waals surface area contributed by atoms with E-state index in [1.54, 1.807) is 24.4 Å². The second kappa shape index (κ2) is 14.0. The molecule has 56 heavy (non-hydrogen) atoms. The lowest BCUT2D eigenvalue weighted by Crippen LogP contribution is -2.18. The third-order valence-corrected chi connectivity index (χ3v) is 10.4. The van der Waals surface area contributed by atoms with Gasteiger partial charge in [0.25, 0.3) is 5.69 Å². The highest BCUT2D eigenvalue weighted by molar-refractivity contribution is 5.90. The van der Waals surface area contributed by atoms with Crippen LogP contribution < -0.4 is 5.73 Å². The molecule has 0 saturated heterocycles. The highest BCUT2D eigenvalue weighted by atomic mass is 16.6. The monoisotopic (exact) mass is 740 g/mol. The van der Waals surface area contributed by atoms with Crippen LogP contribution in [0.2, 0.25) is 0 Å². The molecular weight excluding hydrogens is 709 g/mol. The molecule has 0 bridgehead atoms. The van der Waals surface area contributed by atoms with Crippen LogP contribution in [0.1, 0.15) is 34.1 Å². The molecule has 2 N–H and O–H groups in total. The van der Waals surface area contributed by atoms with Crippen molar-refractivity contribution < 1.29 is 24.0 Å². The number of nitrogens with zero attached hydrogens (tertiary/aromatic N) is 5. The first-order chi connectivity index (χ1) is 27.4. The zero-order valence-corrected chi connectivity index (χ0v) is 29.7. The highest BCUT2D eigenvalue weighted by Crippen LogP contribution is 2.45. The van der Waals surface area contributed by atoms with Gasteiger partial charge in [0.1, 0.15) is 13.2 Å². The first-order valence-corrected chi connectivity index (χ1v) is 17.9. The number of nitrogen functional groups attached to an aromatic ring is 1. The smallest absolute Gasteiger partial charge is 0.435 e. The highest BCUT2D eigenvalue weighted by Gasteiger charge is 2.31. The van der Waals surface area contributed by atoms with Crippen LogP contribution in [0.4, 0.5) is 21.0 Å². The van der Waals surface area contributed by atoms with Gasteiger partial charge in [-0.15, -0.1) is 0 Å². The summed E-state index contributed by atoms with van der Waals surface area (Å²) in [6, 6.07) is 42.3. The quantitative estimate of drug-likeness (QED) is 0.103. The first-order valence-electron chi connectivity index (χ1n) is 17.9. The minimum atomic E-state index is -0.615. The van der Waals surface area contributed by atoms with E-state index in [-0.39, 0.29) is 30.7 Å². The molecule has 12 nitrogen and oxygen atoms in total. The number of nitrogens with two attached hydrogens (primary N) is 1. The van der Waals surface area contributed by atoms with Crippen molar-refractivity contribution in [2.24, 2.45) is 0 Å². The number of non-ortho nitro benzene ring substituents is 1. The number of ether oxygens (including phenoxy) is 2. The first kappa shape index (κ1) is 34.2. The molecule has 274 valence electrons. The van der Waals surface area contributed by atoms with E-state index in [2.05, 4.69) is 58.7 Å². The van der Waals surface area contributed by atoms with Crippen molar-refractivity contribution in [2.75, 3.05) is 18.9 Å². The maximum atomic E-state index is 12.7. The Balaban J connectivity index is 0.000000147. The molecule has 0 amide bonds. The van der Waals surface area contributed by atoms with Gasteiger partial charge in [0.2, 0.25) is 0 Å². The fraction of sp³-hybridized carbons (Fsp3) is 0.0909. The molecule has 8 aromatic rings. The topological polar surface area (TPSA) is 157 Å². The van der Waals surface area contributed by atoms with Gasteiger partial charge in [-0.3, -0.25) is 10.1 Å². The summed E-state index contributed by atoms with van der Waals surface area (Å²) < 4.78 is 13.7. The molecule has 0 saturated carbocycles. The maximum absolute atomic E-state index is 12.7. The van der Waals surface area contributed by atoms with Crippen molar-refractivity contribution in [3.8, 4) is 22.3 Å². The summed E-state index contributed by atoms with van der Waals surface area (Å²) in [6.07, 6.45) is 1.93. The van der Waals surface area contributed by atoms with Crippen molar-refractivity contribution >= 4 is 45.4 Å². The van der Waals surface area contributed by atoms with Crippen LogP contribution in [0.15, 0.2) is 146 Å². The molecule has 2 aliphatic carbocycles. The van der Waals surface area contributed by atoms with Crippen molar-refractivity contribution in [1.29, 1.82) is 0 Å². The minimum Gasteiger partial charge on any atom is -0.447 e. The van der Waals surface area contributed by atoms with Crippen LogP contribution in [-0.4, -0.2) is 49.9 Å². The van der Waals surface area contributed by atoms with E-state index in [0.29, 0.717) is 22.1 Å². The zero-order chi connectivity index (χ0) is 38.3. The fourth-order valence-electron chi connectivity index (χ4n) is 7.79. The number of carbonyl (C=O) groups is 2. The Morgan fingerprint density at radius 2 is 0.982 bits per heavy atom. The van der Waals surface area contributed by atoms with Gasteiger partial charge in [0, 0.05) is 40.4 Å². The molecular formula is C44H32N6O6. The summed E-state index contributed by atoms with van der Waals surface area (Å²) in [5.74, 6) is -0.0203. The van der Waals surface area contributed by atoms with Crippen molar-refractivity contribution in [3.63, 3.8) is 0 Å². The number of fused-ring (bicyclic) bond motifs is 8. The predicted octanol–water partition coefficient (Wildman–Crippen LogP) is 9.16. The Morgan fingerprint density at radius 1 is 0.589 bits per heavy atom. The molecule has 0 fully saturated rings. The third-order valence-electron chi connectivity index (χ3n) is 10.4. The zero-order valence-electron chi connectivity index (χ0n) is 29.7. The normalized spacial score (nSPS) is 12.6. The maximum Gasteiger partial charge on any atom is 0.435 e. The SMILES string of the molecule is Nc1ccc2c(cnn2C(=O)OCC2c3ccccc3-c3ccccc32)c1.O=C(OCC1c2ccccc2-c2ccccc21)n1ncc2cc([N+](=O)[O-])ccc21. The second-order valence-electron chi connectivity index (χ2n) is 13.5. The Kier molecular flexibility index (Phi) is 8.54. The Hall–Kier alpha value is -7.60. The standard InChI is InChI=1S/C22H15N3O4.C22H17N3O2/c26-22(24-21-10-9-15(25(27)28)11-14(21)12-23-24)29-13-20-18-7-3-1-5-16(18)17-6-2-4-8-19(17)20;23-15-9-10-21-14(11-15)12-24-25(21)22(26)27-13-20-18-7-3-1-5-16(18)17-6-2-4-8-19(17)20/h1-12,20H,13H2;1-12,20H,13,23H2. The second-order valence-corrected chi connectivity index (χ2v) is 13.5. The lowest BCUT2D eigenvalue weighted by Gasteiger charge is -2.14. The minimum absolute atomic E-state index is 0.0267. The molecule has 2 aliphatic rings. The van der Waals surface area contributed by atoms with Crippen LogP contribution in [0.3, 0.4) is 0 Å². The summed E-state index contributed by atoms with van der Waals surface area (Å²) in [5, 5.41) is 20.4. The summed E-state index contributed by atoms with van der Waals surface area (Å²) in [4.78, 5) is 35.7. The predicted molar refractivity (Wildman–Crippen MR) is 211 cm³/mol. The summed E-state index contributed by atoms with van der Waals surface area (Å²) in [7, 11) is 0.